The largest absolute Gasteiger partial charge is 0.484 e. The molecule has 2 rings (SSSR count). The lowest BCUT2D eigenvalue weighted by atomic mass is 10.2. The van der Waals surface area contributed by atoms with Gasteiger partial charge in [0.25, 0.3) is 0 Å². The van der Waals surface area contributed by atoms with Crippen molar-refractivity contribution in [3.63, 3.8) is 0 Å². The summed E-state index contributed by atoms with van der Waals surface area (Å²) < 4.78 is 11.2. The molecule has 18 heavy (non-hydrogen) atoms. The molecular weight excluding hydrogens is 228 g/mol. The van der Waals surface area contributed by atoms with E-state index in [-0.39, 0.29) is 0 Å². The molecule has 0 bridgehead atoms. The van der Waals surface area contributed by atoms with Crippen LogP contribution in [0.2, 0.25) is 0 Å². The molecule has 0 saturated heterocycles. The summed E-state index contributed by atoms with van der Waals surface area (Å²) in [5.74, 6) is 2.24. The number of nitrogens with two attached hydrogens (primary N) is 1. The third kappa shape index (κ3) is 3.11. The van der Waals surface area contributed by atoms with Crippen LogP contribution >= 0.6 is 0 Å². The molecule has 0 spiro atoms. The summed E-state index contributed by atoms with van der Waals surface area (Å²) in [5, 5.41) is 0. The van der Waals surface area contributed by atoms with Crippen molar-refractivity contribution in [2.24, 2.45) is 5.73 Å². The maximum atomic E-state index is 5.63. The van der Waals surface area contributed by atoms with E-state index < -0.39 is 0 Å². The first-order valence-electron chi connectivity index (χ1n) is 6.03. The molecular formula is C14H18N2O2. The second-order valence-corrected chi connectivity index (χ2v) is 4.25. The number of aromatic nitrogens is 1. The summed E-state index contributed by atoms with van der Waals surface area (Å²) in [7, 11) is 0. The number of hydrogen-bond acceptors (Lipinski definition) is 4. The van der Waals surface area contributed by atoms with Crippen LogP contribution in [0.4, 0.5) is 0 Å². The van der Waals surface area contributed by atoms with Gasteiger partial charge in [0.15, 0.2) is 6.61 Å². The lowest BCUT2D eigenvalue weighted by Crippen LogP contribution is -2.04. The molecule has 0 fully saturated rings. The summed E-state index contributed by atoms with van der Waals surface area (Å²) in [4.78, 5) is 4.37. The van der Waals surface area contributed by atoms with Crippen molar-refractivity contribution in [1.82, 2.24) is 4.98 Å². The highest BCUT2D eigenvalue weighted by Gasteiger charge is 2.09. The fourth-order valence-corrected chi connectivity index (χ4v) is 1.77. The first-order valence-corrected chi connectivity index (χ1v) is 6.03. The molecule has 1 heterocycles. The minimum absolute atomic E-state index is 0.342. The Balaban J connectivity index is 2.00. The van der Waals surface area contributed by atoms with Gasteiger partial charge in [-0.2, -0.15) is 0 Å². The number of oxazole rings is 1. The topological polar surface area (TPSA) is 61.3 Å². The van der Waals surface area contributed by atoms with Crippen LogP contribution < -0.4 is 10.5 Å². The molecule has 1 aromatic carbocycles. The highest BCUT2D eigenvalue weighted by molar-refractivity contribution is 5.27. The number of aryl methyl sites for hydroxylation is 2. The van der Waals surface area contributed by atoms with Gasteiger partial charge in [-0.15, -0.1) is 0 Å². The van der Waals surface area contributed by atoms with Crippen LogP contribution in [-0.4, -0.2) is 11.5 Å². The minimum atomic E-state index is 0.342. The smallest absolute Gasteiger partial charge is 0.232 e. The molecule has 0 aliphatic rings. The maximum absolute atomic E-state index is 5.63. The second kappa shape index (κ2) is 5.69. The summed E-state index contributed by atoms with van der Waals surface area (Å²) in [5.41, 5.74) is 7.59. The van der Waals surface area contributed by atoms with E-state index in [9.17, 15) is 0 Å². The Morgan fingerprint density at radius 1 is 1.33 bits per heavy atom. The van der Waals surface area contributed by atoms with Gasteiger partial charge in [0.1, 0.15) is 11.5 Å². The zero-order chi connectivity index (χ0) is 13.0. The van der Waals surface area contributed by atoms with Gasteiger partial charge in [0.05, 0.1) is 5.69 Å². The Bertz CT molecular complexity index is 520. The normalized spacial score (nSPS) is 10.6. The van der Waals surface area contributed by atoms with Crippen LogP contribution in [0, 0.1) is 13.8 Å². The van der Waals surface area contributed by atoms with Gasteiger partial charge in [0.2, 0.25) is 5.89 Å². The van der Waals surface area contributed by atoms with E-state index in [1.165, 1.54) is 5.56 Å². The van der Waals surface area contributed by atoms with E-state index in [0.717, 1.165) is 23.6 Å². The third-order valence-corrected chi connectivity index (χ3v) is 2.67. The first kappa shape index (κ1) is 12.6. The van der Waals surface area contributed by atoms with Crippen molar-refractivity contribution in [3.8, 4) is 5.75 Å². The van der Waals surface area contributed by atoms with Gasteiger partial charge in [0, 0.05) is 6.42 Å². The standard InChI is InChI=1S/C14H18N2O2/c1-10-4-3-5-12(8-10)17-9-14-16-13(6-7-15)11(2)18-14/h3-5,8H,6-7,9,15H2,1-2H3. The average molecular weight is 246 g/mol. The minimum Gasteiger partial charge on any atom is -0.484 e. The van der Waals surface area contributed by atoms with Gasteiger partial charge < -0.3 is 14.9 Å². The first-order chi connectivity index (χ1) is 8.69. The molecule has 96 valence electrons. The Kier molecular flexibility index (Phi) is 3.99. The zero-order valence-corrected chi connectivity index (χ0v) is 10.8. The van der Waals surface area contributed by atoms with Gasteiger partial charge >= 0.3 is 0 Å². The molecule has 2 N–H and O–H groups in total. The lowest BCUT2D eigenvalue weighted by molar-refractivity contribution is 0.260. The SMILES string of the molecule is Cc1cccc(OCc2nc(CCN)c(C)o2)c1. The molecule has 1 aromatic heterocycles. The molecule has 2 aromatic rings. The number of rotatable bonds is 5. The second-order valence-electron chi connectivity index (χ2n) is 4.25. The number of nitrogens with zero attached hydrogens (tertiary/aromatic N) is 1. The highest BCUT2D eigenvalue weighted by Crippen LogP contribution is 2.16. The van der Waals surface area contributed by atoms with Crippen LogP contribution in [0.5, 0.6) is 5.75 Å². The van der Waals surface area contributed by atoms with Crippen molar-refractivity contribution >= 4 is 0 Å². The fraction of sp³-hybridized carbons (Fsp3) is 0.357. The van der Waals surface area contributed by atoms with E-state index in [4.69, 9.17) is 14.9 Å². The van der Waals surface area contributed by atoms with Crippen molar-refractivity contribution in [2.75, 3.05) is 6.54 Å². The summed E-state index contributed by atoms with van der Waals surface area (Å²) in [6, 6.07) is 7.90. The molecule has 0 saturated carbocycles. The lowest BCUT2D eigenvalue weighted by Gasteiger charge is -2.03. The zero-order valence-electron chi connectivity index (χ0n) is 10.8. The van der Waals surface area contributed by atoms with Crippen molar-refractivity contribution in [2.45, 2.75) is 26.9 Å². The predicted octanol–water partition coefficient (Wildman–Crippen LogP) is 2.37. The van der Waals surface area contributed by atoms with Crippen LogP contribution in [0.1, 0.15) is 22.9 Å². The number of ether oxygens (including phenoxy) is 1. The molecule has 4 heteroatoms. The Hall–Kier alpha value is -1.81. The Labute approximate surface area is 107 Å². The Morgan fingerprint density at radius 3 is 2.89 bits per heavy atom. The molecule has 0 aliphatic carbocycles. The third-order valence-electron chi connectivity index (χ3n) is 2.67. The van der Waals surface area contributed by atoms with Crippen molar-refractivity contribution < 1.29 is 9.15 Å². The van der Waals surface area contributed by atoms with Gasteiger partial charge in [-0.05, 0) is 38.1 Å². The predicted molar refractivity (Wildman–Crippen MR) is 69.5 cm³/mol. The van der Waals surface area contributed by atoms with Crippen LogP contribution in [0.3, 0.4) is 0 Å². The fourth-order valence-electron chi connectivity index (χ4n) is 1.77. The quantitative estimate of drug-likeness (QED) is 0.879. The molecule has 4 nitrogen and oxygen atoms in total. The highest BCUT2D eigenvalue weighted by atomic mass is 16.5. The van der Waals surface area contributed by atoms with E-state index in [0.29, 0.717) is 19.0 Å². The van der Waals surface area contributed by atoms with Crippen molar-refractivity contribution in [3.05, 3.63) is 47.2 Å². The maximum Gasteiger partial charge on any atom is 0.232 e. The van der Waals surface area contributed by atoms with Gasteiger partial charge in [-0.3, -0.25) is 0 Å². The van der Waals surface area contributed by atoms with E-state index in [1.807, 2.05) is 38.1 Å². The number of hydrogen-bond donors (Lipinski definition) is 1. The van der Waals surface area contributed by atoms with Crippen LogP contribution in [0.25, 0.3) is 0 Å². The Morgan fingerprint density at radius 2 is 2.17 bits per heavy atom. The number of benzene rings is 1. The monoisotopic (exact) mass is 246 g/mol. The van der Waals surface area contributed by atoms with Crippen LogP contribution in [0.15, 0.2) is 28.7 Å². The molecule has 0 radical (unpaired) electrons. The molecule has 0 unspecified atom stereocenters. The average Bonchev–Trinajstić information content (AvgIpc) is 2.69. The molecule has 0 atom stereocenters. The summed E-state index contributed by atoms with van der Waals surface area (Å²) >= 11 is 0. The van der Waals surface area contributed by atoms with Gasteiger partial charge in [-0.1, -0.05) is 12.1 Å². The molecule has 0 amide bonds. The summed E-state index contributed by atoms with van der Waals surface area (Å²) in [6.45, 7) is 4.84. The van der Waals surface area contributed by atoms with Crippen molar-refractivity contribution in [1.29, 1.82) is 0 Å². The van der Waals surface area contributed by atoms with E-state index in [2.05, 4.69) is 4.98 Å². The van der Waals surface area contributed by atoms with E-state index in [1.54, 1.807) is 0 Å². The van der Waals surface area contributed by atoms with Crippen LogP contribution in [-0.2, 0) is 13.0 Å². The van der Waals surface area contributed by atoms with Gasteiger partial charge in [-0.25, -0.2) is 4.98 Å². The van der Waals surface area contributed by atoms with E-state index >= 15 is 0 Å². The summed E-state index contributed by atoms with van der Waals surface area (Å²) in [6.07, 6.45) is 0.736. The molecule has 0 aliphatic heterocycles.